The highest BCUT2D eigenvalue weighted by Gasteiger charge is 2.07. The lowest BCUT2D eigenvalue weighted by atomic mass is 10.1. The summed E-state index contributed by atoms with van der Waals surface area (Å²) in [5.41, 5.74) is 1.20. The summed E-state index contributed by atoms with van der Waals surface area (Å²) in [6.45, 7) is 1.87. The van der Waals surface area contributed by atoms with E-state index in [1.165, 1.54) is 6.07 Å². The Morgan fingerprint density at radius 1 is 1.58 bits per heavy atom. The normalized spacial score (nSPS) is 9.92. The topological polar surface area (TPSA) is 37.3 Å². The molecule has 0 saturated heterocycles. The lowest BCUT2D eigenvalue weighted by molar-refractivity contribution is 0.0696. The van der Waals surface area contributed by atoms with Gasteiger partial charge < -0.3 is 5.11 Å². The molecule has 1 aromatic carbocycles. The molecule has 1 N–H and O–H groups in total. The maximum atomic E-state index is 10.6. The van der Waals surface area contributed by atoms with Crippen LogP contribution in [0.1, 0.15) is 15.9 Å². The SMILES string of the molecule is Cc1c(S)cc(C(=O)O)cc1Br. The minimum Gasteiger partial charge on any atom is -0.478 e. The monoisotopic (exact) mass is 246 g/mol. The van der Waals surface area contributed by atoms with Gasteiger partial charge in [-0.05, 0) is 24.6 Å². The molecule has 64 valence electrons. The third-order valence-electron chi connectivity index (χ3n) is 1.56. The molecule has 4 heteroatoms. The Balaban J connectivity index is 3.31. The number of aromatic carboxylic acids is 1. The van der Waals surface area contributed by atoms with Crippen molar-refractivity contribution in [2.45, 2.75) is 11.8 Å². The van der Waals surface area contributed by atoms with Crippen LogP contribution < -0.4 is 0 Å². The predicted molar refractivity (Wildman–Crippen MR) is 53.1 cm³/mol. The third kappa shape index (κ3) is 1.81. The second kappa shape index (κ2) is 3.49. The summed E-state index contributed by atoms with van der Waals surface area (Å²) < 4.78 is 0.771. The van der Waals surface area contributed by atoms with Crippen molar-refractivity contribution in [3.63, 3.8) is 0 Å². The first-order valence-electron chi connectivity index (χ1n) is 3.25. The van der Waals surface area contributed by atoms with Crippen molar-refractivity contribution >= 4 is 34.5 Å². The molecule has 0 saturated carbocycles. The van der Waals surface area contributed by atoms with Crippen LogP contribution in [0, 0.1) is 6.92 Å². The number of halogens is 1. The minimum atomic E-state index is -0.939. The zero-order chi connectivity index (χ0) is 9.30. The quantitative estimate of drug-likeness (QED) is 0.748. The zero-order valence-electron chi connectivity index (χ0n) is 6.34. The fourth-order valence-corrected chi connectivity index (χ4v) is 1.66. The number of thiol groups is 1. The van der Waals surface area contributed by atoms with E-state index in [1.54, 1.807) is 6.07 Å². The first kappa shape index (κ1) is 9.61. The highest BCUT2D eigenvalue weighted by atomic mass is 79.9. The molecular formula is C8H7BrO2S. The van der Waals surface area contributed by atoms with E-state index in [0.717, 1.165) is 10.0 Å². The summed E-state index contributed by atoms with van der Waals surface area (Å²) in [6, 6.07) is 3.10. The Morgan fingerprint density at radius 3 is 2.58 bits per heavy atom. The third-order valence-corrected chi connectivity index (χ3v) is 2.85. The Morgan fingerprint density at radius 2 is 2.17 bits per heavy atom. The van der Waals surface area contributed by atoms with Crippen LogP contribution in [-0.4, -0.2) is 11.1 Å². The van der Waals surface area contributed by atoms with Gasteiger partial charge in [0.2, 0.25) is 0 Å². The van der Waals surface area contributed by atoms with Gasteiger partial charge in [-0.25, -0.2) is 4.79 Å². The van der Waals surface area contributed by atoms with E-state index in [0.29, 0.717) is 4.90 Å². The van der Waals surface area contributed by atoms with E-state index in [4.69, 9.17) is 5.11 Å². The van der Waals surface area contributed by atoms with E-state index in [9.17, 15) is 4.79 Å². The van der Waals surface area contributed by atoms with Gasteiger partial charge in [-0.1, -0.05) is 15.9 Å². The van der Waals surface area contributed by atoms with Crippen molar-refractivity contribution in [3.8, 4) is 0 Å². The van der Waals surface area contributed by atoms with Crippen LogP contribution in [0.4, 0.5) is 0 Å². The highest BCUT2D eigenvalue weighted by Crippen LogP contribution is 2.24. The van der Waals surface area contributed by atoms with Gasteiger partial charge in [0.05, 0.1) is 5.56 Å². The van der Waals surface area contributed by atoms with E-state index < -0.39 is 5.97 Å². The summed E-state index contributed by atoms with van der Waals surface area (Å²) in [6.07, 6.45) is 0. The second-order valence-corrected chi connectivity index (χ2v) is 3.74. The van der Waals surface area contributed by atoms with Gasteiger partial charge in [-0.15, -0.1) is 12.6 Å². The average molecular weight is 247 g/mol. The van der Waals surface area contributed by atoms with Crippen molar-refractivity contribution in [2.24, 2.45) is 0 Å². The molecule has 0 amide bonds. The first-order valence-corrected chi connectivity index (χ1v) is 4.49. The largest absolute Gasteiger partial charge is 0.478 e. The van der Waals surface area contributed by atoms with Crippen LogP contribution in [0.5, 0.6) is 0 Å². The van der Waals surface area contributed by atoms with Crippen LogP contribution in [-0.2, 0) is 0 Å². The standard InChI is InChI=1S/C8H7BrO2S/c1-4-6(9)2-5(8(10)11)3-7(4)12/h2-3,12H,1H3,(H,10,11). The fraction of sp³-hybridized carbons (Fsp3) is 0.125. The average Bonchev–Trinajstić information content (AvgIpc) is 1.99. The molecule has 0 bridgehead atoms. The van der Waals surface area contributed by atoms with Crippen LogP contribution in [0.25, 0.3) is 0 Å². The molecule has 0 radical (unpaired) electrons. The van der Waals surface area contributed by atoms with Gasteiger partial charge in [-0.2, -0.15) is 0 Å². The summed E-state index contributed by atoms with van der Waals surface area (Å²) in [5, 5.41) is 8.67. The van der Waals surface area contributed by atoms with Gasteiger partial charge in [-0.3, -0.25) is 0 Å². The molecule has 1 aromatic rings. The van der Waals surface area contributed by atoms with Crippen molar-refractivity contribution in [2.75, 3.05) is 0 Å². The highest BCUT2D eigenvalue weighted by molar-refractivity contribution is 9.10. The molecule has 12 heavy (non-hydrogen) atoms. The molecule has 1 rings (SSSR count). The van der Waals surface area contributed by atoms with Gasteiger partial charge in [0.25, 0.3) is 0 Å². The van der Waals surface area contributed by atoms with E-state index in [-0.39, 0.29) is 5.56 Å². The van der Waals surface area contributed by atoms with E-state index >= 15 is 0 Å². The Hall–Kier alpha value is -0.480. The molecule has 0 aromatic heterocycles. The minimum absolute atomic E-state index is 0.248. The summed E-state index contributed by atoms with van der Waals surface area (Å²) in [7, 11) is 0. The Bertz CT molecular complexity index is 313. The summed E-state index contributed by atoms with van der Waals surface area (Å²) >= 11 is 7.39. The fourth-order valence-electron chi connectivity index (χ4n) is 0.788. The summed E-state index contributed by atoms with van der Waals surface area (Å²) in [4.78, 5) is 11.2. The van der Waals surface area contributed by atoms with Crippen molar-refractivity contribution in [1.82, 2.24) is 0 Å². The molecule has 0 aliphatic carbocycles. The molecule has 0 aliphatic heterocycles. The number of rotatable bonds is 1. The Kier molecular flexibility index (Phi) is 2.80. The number of carboxylic acids is 1. The lowest BCUT2D eigenvalue weighted by Gasteiger charge is -2.03. The number of hydrogen-bond acceptors (Lipinski definition) is 2. The van der Waals surface area contributed by atoms with E-state index in [1.807, 2.05) is 6.92 Å². The van der Waals surface area contributed by atoms with Gasteiger partial charge in [0.1, 0.15) is 0 Å². The Labute approximate surface area is 84.1 Å². The number of benzene rings is 1. The first-order chi connectivity index (χ1) is 5.52. The van der Waals surface area contributed by atoms with Crippen molar-refractivity contribution in [1.29, 1.82) is 0 Å². The number of carboxylic acid groups (broad SMARTS) is 1. The molecule has 0 aliphatic rings. The second-order valence-electron chi connectivity index (χ2n) is 2.41. The molecule has 0 spiro atoms. The van der Waals surface area contributed by atoms with Crippen LogP contribution in [0.3, 0.4) is 0 Å². The van der Waals surface area contributed by atoms with Crippen LogP contribution in [0.2, 0.25) is 0 Å². The van der Waals surface area contributed by atoms with Crippen LogP contribution in [0.15, 0.2) is 21.5 Å². The number of hydrogen-bond donors (Lipinski definition) is 2. The molecule has 0 unspecified atom stereocenters. The van der Waals surface area contributed by atoms with Gasteiger partial charge >= 0.3 is 5.97 Å². The number of carbonyl (C=O) groups is 1. The molecular weight excluding hydrogens is 240 g/mol. The van der Waals surface area contributed by atoms with Gasteiger partial charge in [0.15, 0.2) is 0 Å². The van der Waals surface area contributed by atoms with E-state index in [2.05, 4.69) is 28.6 Å². The molecule has 0 atom stereocenters. The van der Waals surface area contributed by atoms with Crippen molar-refractivity contribution < 1.29 is 9.90 Å². The molecule has 2 nitrogen and oxygen atoms in total. The van der Waals surface area contributed by atoms with Gasteiger partial charge in [0, 0.05) is 9.37 Å². The maximum absolute atomic E-state index is 10.6. The molecule has 0 heterocycles. The predicted octanol–water partition coefficient (Wildman–Crippen LogP) is 2.74. The zero-order valence-corrected chi connectivity index (χ0v) is 8.82. The molecule has 0 fully saturated rings. The smallest absolute Gasteiger partial charge is 0.335 e. The maximum Gasteiger partial charge on any atom is 0.335 e. The van der Waals surface area contributed by atoms with Crippen LogP contribution >= 0.6 is 28.6 Å². The van der Waals surface area contributed by atoms with Crippen molar-refractivity contribution in [3.05, 3.63) is 27.7 Å². The summed E-state index contributed by atoms with van der Waals surface area (Å²) in [5.74, 6) is -0.939. The lowest BCUT2D eigenvalue weighted by Crippen LogP contribution is -1.97.